The largest absolute Gasteiger partial charge is 0.228 e. The molecule has 0 amide bonds. The number of hydrogen-bond donors (Lipinski definition) is 0. The van der Waals surface area contributed by atoms with E-state index < -0.39 is 0 Å². The Balaban J connectivity index is 1.14. The van der Waals surface area contributed by atoms with E-state index in [9.17, 15) is 0 Å². The van der Waals surface area contributed by atoms with Gasteiger partial charge in [0.1, 0.15) is 0 Å². The van der Waals surface area contributed by atoms with Gasteiger partial charge in [0, 0.05) is 53.6 Å². The number of hydrogen-bond acceptors (Lipinski definition) is 6. The number of nitrogens with zero attached hydrogens (tertiary/aromatic N) is 5. The van der Waals surface area contributed by atoms with E-state index in [1.807, 2.05) is 72.8 Å². The van der Waals surface area contributed by atoms with Gasteiger partial charge in [-0.15, -0.1) is 11.3 Å². The molecule has 8 aromatic carbocycles. The lowest BCUT2D eigenvalue weighted by molar-refractivity contribution is 1.08. The number of benzene rings is 8. The van der Waals surface area contributed by atoms with Crippen LogP contribution in [0.2, 0.25) is 0 Å². The Morgan fingerprint density at radius 2 is 0.729 bits per heavy atom. The highest BCUT2D eigenvalue weighted by atomic mass is 32.1. The van der Waals surface area contributed by atoms with Crippen LogP contribution >= 0.6 is 11.3 Å². The maximum atomic E-state index is 5.22. The molecule has 0 radical (unpaired) electrons. The number of thiophene rings is 1. The summed E-state index contributed by atoms with van der Waals surface area (Å²) in [6, 6.07) is 69.3. The molecule has 0 spiro atoms. The third-order valence-electron chi connectivity index (χ3n) is 10.8. The van der Waals surface area contributed by atoms with Crippen molar-refractivity contribution in [2.45, 2.75) is 0 Å². The van der Waals surface area contributed by atoms with Crippen molar-refractivity contribution in [3.63, 3.8) is 0 Å². The highest BCUT2D eigenvalue weighted by molar-refractivity contribution is 7.26. The molecule has 0 saturated heterocycles. The van der Waals surface area contributed by atoms with E-state index in [2.05, 4.69) is 127 Å². The van der Waals surface area contributed by atoms with Crippen molar-refractivity contribution in [3.8, 4) is 79.2 Å². The second-order valence-corrected chi connectivity index (χ2v) is 15.5. The fourth-order valence-electron chi connectivity index (χ4n) is 7.95. The summed E-state index contributed by atoms with van der Waals surface area (Å²) < 4.78 is 2.39. The summed E-state index contributed by atoms with van der Waals surface area (Å²) in [6.07, 6.45) is 0. The molecule has 0 N–H and O–H groups in total. The maximum Gasteiger partial charge on any atom is 0.164 e. The highest BCUT2D eigenvalue weighted by Crippen LogP contribution is 2.44. The quantitative estimate of drug-likeness (QED) is 0.161. The van der Waals surface area contributed by atoms with E-state index in [4.69, 9.17) is 24.9 Å². The molecular weight excluding hydrogens is 739 g/mol. The van der Waals surface area contributed by atoms with Crippen LogP contribution in [0, 0.1) is 0 Å². The van der Waals surface area contributed by atoms with Crippen LogP contribution in [0.15, 0.2) is 200 Å². The first-order chi connectivity index (χ1) is 29.2. The average Bonchev–Trinajstić information content (AvgIpc) is 3.70. The summed E-state index contributed by atoms with van der Waals surface area (Å²) >= 11 is 1.80. The first kappa shape index (κ1) is 34.6. The SMILES string of the molecule is c1ccc(-c2cc(-c3ccc(-c4cc(-c5nc(-c6ccccc6)nc(-c6ccccc6)n5)c5c(c4)sc4ccccc45)c4ccccc34)nc(-c3ccccc3)n2)cc1. The summed E-state index contributed by atoms with van der Waals surface area (Å²) in [6.45, 7) is 0. The fourth-order valence-corrected chi connectivity index (χ4v) is 9.12. The van der Waals surface area contributed by atoms with Gasteiger partial charge in [0.15, 0.2) is 23.3 Å². The van der Waals surface area contributed by atoms with E-state index in [0.29, 0.717) is 23.3 Å². The van der Waals surface area contributed by atoms with Gasteiger partial charge in [-0.05, 0) is 46.2 Å². The van der Waals surface area contributed by atoms with Crippen LogP contribution < -0.4 is 0 Å². The summed E-state index contributed by atoms with van der Waals surface area (Å²) in [7, 11) is 0. The van der Waals surface area contributed by atoms with Crippen LogP contribution in [0.5, 0.6) is 0 Å². The molecule has 0 aliphatic heterocycles. The van der Waals surface area contributed by atoms with Crippen LogP contribution in [0.3, 0.4) is 0 Å². The molecule has 3 heterocycles. The van der Waals surface area contributed by atoms with Crippen LogP contribution in [-0.4, -0.2) is 24.9 Å². The minimum atomic E-state index is 0.636. The van der Waals surface area contributed by atoms with Gasteiger partial charge >= 0.3 is 0 Å². The second-order valence-electron chi connectivity index (χ2n) is 14.4. The number of aromatic nitrogens is 5. The van der Waals surface area contributed by atoms with Crippen molar-refractivity contribution >= 4 is 42.3 Å². The van der Waals surface area contributed by atoms with Gasteiger partial charge in [0.2, 0.25) is 0 Å². The molecule has 5 nitrogen and oxygen atoms in total. The maximum absolute atomic E-state index is 5.22. The van der Waals surface area contributed by atoms with Crippen LogP contribution in [0.25, 0.3) is 110 Å². The fraction of sp³-hybridized carbons (Fsp3) is 0. The Morgan fingerprint density at radius 1 is 0.271 bits per heavy atom. The first-order valence-electron chi connectivity index (χ1n) is 19.6. The molecule has 0 aliphatic carbocycles. The van der Waals surface area contributed by atoms with Crippen molar-refractivity contribution in [1.29, 1.82) is 0 Å². The molecule has 6 heteroatoms. The van der Waals surface area contributed by atoms with E-state index in [0.717, 1.165) is 72.1 Å². The molecule has 0 aliphatic rings. The standard InChI is InChI=1S/C53H33N5S/c1-5-17-34(18-6-1)45-33-46(55-50(54-45)35-19-7-2-8-20-35)42-30-29-39(40-25-13-14-26-41(40)42)38-31-44(49-43-27-15-16-28-47(43)59-48(49)32-38)53-57-51(36-21-9-3-10-22-36)56-52(58-53)37-23-11-4-12-24-37/h1-33H. The third kappa shape index (κ3) is 6.42. The molecule has 0 unspecified atom stereocenters. The summed E-state index contributed by atoms with van der Waals surface area (Å²) in [5, 5.41) is 4.56. The molecule has 0 bridgehead atoms. The van der Waals surface area contributed by atoms with Gasteiger partial charge in [-0.3, -0.25) is 0 Å². The Bertz CT molecular complexity index is 3200. The third-order valence-corrected chi connectivity index (χ3v) is 11.9. The van der Waals surface area contributed by atoms with E-state index in [-0.39, 0.29) is 0 Å². The number of fused-ring (bicyclic) bond motifs is 4. The molecule has 59 heavy (non-hydrogen) atoms. The lowest BCUT2D eigenvalue weighted by Crippen LogP contribution is -2.00. The van der Waals surface area contributed by atoms with Gasteiger partial charge in [0.25, 0.3) is 0 Å². The summed E-state index contributed by atoms with van der Waals surface area (Å²) in [5.74, 6) is 2.60. The van der Waals surface area contributed by atoms with Gasteiger partial charge in [-0.1, -0.05) is 176 Å². The normalized spacial score (nSPS) is 11.4. The highest BCUT2D eigenvalue weighted by Gasteiger charge is 2.21. The minimum absolute atomic E-state index is 0.636. The molecule has 276 valence electrons. The van der Waals surface area contributed by atoms with Gasteiger partial charge < -0.3 is 0 Å². The topological polar surface area (TPSA) is 64.5 Å². The predicted molar refractivity (Wildman–Crippen MR) is 244 cm³/mol. The molecule has 11 rings (SSSR count). The first-order valence-corrected chi connectivity index (χ1v) is 20.4. The Labute approximate surface area is 345 Å². The lowest BCUT2D eigenvalue weighted by Gasteiger charge is -2.15. The monoisotopic (exact) mass is 771 g/mol. The average molecular weight is 772 g/mol. The van der Waals surface area contributed by atoms with Crippen molar-refractivity contribution in [2.24, 2.45) is 0 Å². The zero-order valence-corrected chi connectivity index (χ0v) is 32.5. The van der Waals surface area contributed by atoms with Crippen molar-refractivity contribution < 1.29 is 0 Å². The minimum Gasteiger partial charge on any atom is -0.228 e. The van der Waals surface area contributed by atoms with Crippen molar-refractivity contribution in [1.82, 2.24) is 24.9 Å². The van der Waals surface area contributed by atoms with Crippen LogP contribution in [-0.2, 0) is 0 Å². The van der Waals surface area contributed by atoms with Crippen LogP contribution in [0.4, 0.5) is 0 Å². The summed E-state index contributed by atoms with van der Waals surface area (Å²) in [4.78, 5) is 25.7. The smallest absolute Gasteiger partial charge is 0.164 e. The molecule has 0 saturated carbocycles. The molecule has 0 fully saturated rings. The zero-order valence-electron chi connectivity index (χ0n) is 31.7. The Morgan fingerprint density at radius 3 is 1.34 bits per heavy atom. The molecular formula is C53H33N5S. The van der Waals surface area contributed by atoms with Crippen molar-refractivity contribution in [3.05, 3.63) is 200 Å². The van der Waals surface area contributed by atoms with E-state index in [1.54, 1.807) is 11.3 Å². The number of rotatable bonds is 7. The van der Waals surface area contributed by atoms with Crippen molar-refractivity contribution in [2.75, 3.05) is 0 Å². The predicted octanol–water partition coefficient (Wildman–Crippen LogP) is 13.9. The molecule has 11 aromatic rings. The zero-order chi connectivity index (χ0) is 39.1. The van der Waals surface area contributed by atoms with Gasteiger partial charge in [-0.25, -0.2) is 24.9 Å². The Hall–Kier alpha value is -7.67. The lowest BCUT2D eigenvalue weighted by atomic mass is 9.91. The summed E-state index contributed by atoms with van der Waals surface area (Å²) in [5.41, 5.74) is 9.85. The molecule has 0 atom stereocenters. The van der Waals surface area contributed by atoms with Crippen LogP contribution in [0.1, 0.15) is 0 Å². The second kappa shape index (κ2) is 14.7. The van der Waals surface area contributed by atoms with Gasteiger partial charge in [0.05, 0.1) is 11.4 Å². The van der Waals surface area contributed by atoms with E-state index in [1.165, 1.54) is 14.8 Å². The Kier molecular flexibility index (Phi) is 8.60. The van der Waals surface area contributed by atoms with Gasteiger partial charge in [-0.2, -0.15) is 0 Å². The van der Waals surface area contributed by atoms with E-state index >= 15 is 0 Å². The molecule has 3 aromatic heterocycles.